The Bertz CT molecular complexity index is 457. The van der Waals surface area contributed by atoms with Crippen molar-refractivity contribution in [3.8, 4) is 0 Å². The Morgan fingerprint density at radius 2 is 0.694 bits per heavy atom. The summed E-state index contributed by atoms with van der Waals surface area (Å²) >= 11 is 0. The highest BCUT2D eigenvalue weighted by Crippen LogP contribution is 2.21. The Balaban J connectivity index is 5.06. The summed E-state index contributed by atoms with van der Waals surface area (Å²) in [7, 11) is 0. The Labute approximate surface area is 222 Å². The molecule has 0 rings (SSSR count). The maximum atomic E-state index is 6.05. The van der Waals surface area contributed by atoms with Crippen LogP contribution in [0.4, 0.5) is 0 Å². The first-order chi connectivity index (χ1) is 16.5. The van der Waals surface area contributed by atoms with Crippen molar-refractivity contribution >= 4 is 0 Å². The molecule has 36 heavy (non-hydrogen) atoms. The lowest BCUT2D eigenvalue weighted by Gasteiger charge is -2.33. The van der Waals surface area contributed by atoms with E-state index in [0.29, 0.717) is 79.3 Å². The fourth-order valence-electron chi connectivity index (χ4n) is 2.97. The topological polar surface area (TPSA) is 73.8 Å². The molecule has 0 fully saturated rings. The second-order valence-electron chi connectivity index (χ2n) is 12.5. The van der Waals surface area contributed by atoms with Crippen LogP contribution in [0.25, 0.3) is 0 Å². The van der Waals surface area contributed by atoms with E-state index in [1.165, 1.54) is 0 Å². The molecule has 0 atom stereocenters. The first kappa shape index (κ1) is 35.7. The molecule has 218 valence electrons. The van der Waals surface area contributed by atoms with Crippen LogP contribution in [-0.4, -0.2) is 102 Å². The first-order valence-corrected chi connectivity index (χ1v) is 13.4. The van der Waals surface area contributed by atoms with Gasteiger partial charge in [0, 0.05) is 0 Å². The molecule has 0 unspecified atom stereocenters. The predicted molar refractivity (Wildman–Crippen MR) is 144 cm³/mol. The van der Waals surface area contributed by atoms with Gasteiger partial charge in [0.2, 0.25) is 0 Å². The highest BCUT2D eigenvalue weighted by Gasteiger charge is 2.33. The molecule has 0 saturated heterocycles. The van der Waals surface area contributed by atoms with Gasteiger partial charge < -0.3 is 37.9 Å². The van der Waals surface area contributed by atoms with Crippen molar-refractivity contribution in [1.82, 2.24) is 0 Å². The zero-order chi connectivity index (χ0) is 27.7. The van der Waals surface area contributed by atoms with Crippen LogP contribution in [0.1, 0.15) is 76.2 Å². The average molecular weight is 523 g/mol. The molecular weight excluding hydrogens is 464 g/mol. The minimum absolute atomic E-state index is 0.168. The summed E-state index contributed by atoms with van der Waals surface area (Å²) in [6.45, 7) is 28.0. The molecule has 0 saturated carbocycles. The molecule has 8 nitrogen and oxygen atoms in total. The van der Waals surface area contributed by atoms with Gasteiger partial charge in [-0.25, -0.2) is 0 Å². The van der Waals surface area contributed by atoms with Crippen LogP contribution >= 0.6 is 0 Å². The quantitative estimate of drug-likeness (QED) is 0.197. The molecule has 0 radical (unpaired) electrons. The van der Waals surface area contributed by atoms with Crippen LogP contribution in [0.15, 0.2) is 0 Å². The Morgan fingerprint density at radius 1 is 0.417 bits per heavy atom. The van der Waals surface area contributed by atoms with Crippen molar-refractivity contribution in [1.29, 1.82) is 0 Å². The van der Waals surface area contributed by atoms with Crippen molar-refractivity contribution in [3.63, 3.8) is 0 Å². The van der Waals surface area contributed by atoms with E-state index in [2.05, 4.69) is 0 Å². The third-order valence-corrected chi connectivity index (χ3v) is 4.60. The second-order valence-corrected chi connectivity index (χ2v) is 12.5. The summed E-state index contributed by atoms with van der Waals surface area (Å²) in [4.78, 5) is 0. The zero-order valence-corrected chi connectivity index (χ0v) is 25.3. The van der Waals surface area contributed by atoms with Gasteiger partial charge in [0.1, 0.15) is 0 Å². The van der Waals surface area contributed by atoms with Gasteiger partial charge in [-0.2, -0.15) is 0 Å². The molecule has 0 amide bonds. The molecule has 0 aliphatic rings. The number of hydrogen-bond acceptors (Lipinski definition) is 8. The van der Waals surface area contributed by atoms with E-state index < -0.39 is 5.41 Å². The van der Waals surface area contributed by atoms with E-state index in [-0.39, 0.29) is 22.9 Å². The van der Waals surface area contributed by atoms with Crippen molar-refractivity contribution in [2.45, 2.75) is 99.1 Å². The van der Waals surface area contributed by atoms with Gasteiger partial charge in [-0.15, -0.1) is 0 Å². The summed E-state index contributed by atoms with van der Waals surface area (Å²) in [5, 5.41) is 0. The van der Waals surface area contributed by atoms with Crippen molar-refractivity contribution in [2.24, 2.45) is 5.41 Å². The molecule has 0 aromatic carbocycles. The SMILES string of the molecule is CC(C)OCCOCC(COCCOC(C)(C)C)(COCCOC(C)(C)C)COCCOC(C)(C)C. The molecule has 0 heterocycles. The number of hydrogen-bond donors (Lipinski definition) is 0. The summed E-state index contributed by atoms with van der Waals surface area (Å²) < 4.78 is 47.2. The van der Waals surface area contributed by atoms with E-state index in [1.807, 2.05) is 76.2 Å². The number of rotatable bonds is 21. The first-order valence-electron chi connectivity index (χ1n) is 13.4. The molecule has 0 N–H and O–H groups in total. The van der Waals surface area contributed by atoms with Crippen molar-refractivity contribution in [3.05, 3.63) is 0 Å². The minimum Gasteiger partial charge on any atom is -0.378 e. The molecule has 0 bridgehead atoms. The fraction of sp³-hybridized carbons (Fsp3) is 1.00. The summed E-state index contributed by atoms with van der Waals surface area (Å²) in [6, 6.07) is 0. The van der Waals surface area contributed by atoms with Gasteiger partial charge >= 0.3 is 0 Å². The summed E-state index contributed by atoms with van der Waals surface area (Å²) in [5.74, 6) is 0. The molecule has 0 aliphatic heterocycles. The van der Waals surface area contributed by atoms with Gasteiger partial charge in [-0.3, -0.25) is 0 Å². The van der Waals surface area contributed by atoms with Crippen LogP contribution in [0, 0.1) is 5.41 Å². The number of ether oxygens (including phenoxy) is 8. The van der Waals surface area contributed by atoms with Crippen molar-refractivity contribution < 1.29 is 37.9 Å². The lowest BCUT2D eigenvalue weighted by molar-refractivity contribution is -0.132. The fourth-order valence-corrected chi connectivity index (χ4v) is 2.97. The van der Waals surface area contributed by atoms with Crippen LogP contribution in [0.3, 0.4) is 0 Å². The third kappa shape index (κ3) is 24.0. The molecule has 0 aromatic heterocycles. The van der Waals surface area contributed by atoms with Crippen LogP contribution in [0.2, 0.25) is 0 Å². The Kier molecular flexibility index (Phi) is 17.9. The lowest BCUT2D eigenvalue weighted by atomic mass is 9.92. The van der Waals surface area contributed by atoms with Gasteiger partial charge in [0.15, 0.2) is 0 Å². The molecule has 0 aliphatic carbocycles. The zero-order valence-electron chi connectivity index (χ0n) is 25.3. The average Bonchev–Trinajstić information content (AvgIpc) is 2.70. The minimum atomic E-state index is -0.483. The molecule has 0 aromatic rings. The van der Waals surface area contributed by atoms with E-state index in [4.69, 9.17) is 37.9 Å². The Hall–Kier alpha value is -0.320. The van der Waals surface area contributed by atoms with Gasteiger partial charge in [0.05, 0.1) is 108 Å². The molecule has 8 heteroatoms. The predicted octanol–water partition coefficient (Wildman–Crippen LogP) is 4.91. The third-order valence-electron chi connectivity index (χ3n) is 4.60. The largest absolute Gasteiger partial charge is 0.378 e. The van der Waals surface area contributed by atoms with Crippen molar-refractivity contribution in [2.75, 3.05) is 79.3 Å². The lowest BCUT2D eigenvalue weighted by Crippen LogP contribution is -2.43. The normalized spacial score (nSPS) is 13.7. The molecule has 0 spiro atoms. The maximum absolute atomic E-state index is 6.05. The highest BCUT2D eigenvalue weighted by molar-refractivity contribution is 4.80. The van der Waals surface area contributed by atoms with Gasteiger partial charge in [-0.1, -0.05) is 0 Å². The summed E-state index contributed by atoms with van der Waals surface area (Å²) in [6.07, 6.45) is 0.168. The second kappa shape index (κ2) is 18.1. The van der Waals surface area contributed by atoms with E-state index >= 15 is 0 Å². The van der Waals surface area contributed by atoms with Gasteiger partial charge in [-0.05, 0) is 76.2 Å². The van der Waals surface area contributed by atoms with E-state index in [9.17, 15) is 0 Å². The van der Waals surface area contributed by atoms with Crippen LogP contribution in [-0.2, 0) is 37.9 Å². The molecular formula is C28H58O8. The smallest absolute Gasteiger partial charge is 0.0707 e. The van der Waals surface area contributed by atoms with Crippen LogP contribution < -0.4 is 0 Å². The summed E-state index contributed by atoms with van der Waals surface area (Å²) in [5.41, 5.74) is -1.09. The van der Waals surface area contributed by atoms with Crippen LogP contribution in [0.5, 0.6) is 0 Å². The van der Waals surface area contributed by atoms with Gasteiger partial charge in [0.25, 0.3) is 0 Å². The highest BCUT2D eigenvalue weighted by atomic mass is 16.6. The monoisotopic (exact) mass is 522 g/mol. The maximum Gasteiger partial charge on any atom is 0.0707 e. The Morgan fingerprint density at radius 3 is 0.944 bits per heavy atom. The van der Waals surface area contributed by atoms with E-state index in [0.717, 1.165) is 0 Å². The van der Waals surface area contributed by atoms with E-state index in [1.54, 1.807) is 0 Å². The standard InChI is InChI=1S/C28H58O8/c1-24(2)33-16-12-29-20-28(21-30-13-17-34-25(3,4)5,22-31-14-18-35-26(6,7)8)23-32-15-19-36-27(9,10)11/h24H,12-23H2,1-11H3.